The summed E-state index contributed by atoms with van der Waals surface area (Å²) in [7, 11) is 4.62. The van der Waals surface area contributed by atoms with Gasteiger partial charge in [0.2, 0.25) is 18.4 Å². The summed E-state index contributed by atoms with van der Waals surface area (Å²) in [5.41, 5.74) is 2.45. The van der Waals surface area contributed by atoms with Crippen LogP contribution in [0, 0.1) is 11.8 Å². The molecule has 0 bridgehead atoms. The molecule has 1 saturated heterocycles. The highest BCUT2D eigenvalue weighted by Crippen LogP contribution is 2.55. The molecule has 0 unspecified atom stereocenters. The van der Waals surface area contributed by atoms with Crippen LogP contribution in [0.1, 0.15) is 28.7 Å². The first kappa shape index (κ1) is 21.9. The van der Waals surface area contributed by atoms with E-state index in [1.807, 2.05) is 24.3 Å². The Morgan fingerprint density at radius 1 is 1.00 bits per heavy atom. The van der Waals surface area contributed by atoms with Gasteiger partial charge in [-0.25, -0.2) is 0 Å². The quantitative estimate of drug-likeness (QED) is 0.511. The second-order valence-electron chi connectivity index (χ2n) is 8.28. The third-order valence-electron chi connectivity index (χ3n) is 6.72. The number of hydrogen-bond donors (Lipinski definition) is 1. The van der Waals surface area contributed by atoms with Crippen molar-refractivity contribution >= 4 is 11.9 Å². The molecule has 0 saturated carbocycles. The zero-order valence-electron chi connectivity index (χ0n) is 19.1. The van der Waals surface area contributed by atoms with Gasteiger partial charge in [0, 0.05) is 11.8 Å². The minimum Gasteiger partial charge on any atom is -0.493 e. The van der Waals surface area contributed by atoms with Crippen LogP contribution in [0.15, 0.2) is 36.9 Å². The Labute approximate surface area is 196 Å². The number of benzene rings is 2. The van der Waals surface area contributed by atoms with Crippen LogP contribution in [-0.2, 0) is 14.3 Å². The Hall–Kier alpha value is -3.88. The maximum atomic E-state index is 13.1. The highest BCUT2D eigenvalue weighted by Gasteiger charge is 2.53. The Morgan fingerprint density at radius 2 is 1.65 bits per heavy atom. The lowest BCUT2D eigenvalue weighted by molar-refractivity contribution is -0.141. The molecule has 2 aromatic rings. The van der Waals surface area contributed by atoms with Gasteiger partial charge in [-0.05, 0) is 47.0 Å². The summed E-state index contributed by atoms with van der Waals surface area (Å²) >= 11 is 0. The standard InChI is InChI=1S/C25H25NO8/c1-5-20(27)26-23-14-9-17-16(33-11-34-17)8-13(14)21(22-15(23)10-32-25(22)28)12-6-18(29-2)24(31-4)19(7-12)30-3/h5-9,15,21-23H,1,10-11H2,2-4H3,(H,26,27)/t15-,21+,22-,23+/m0/s1. The summed E-state index contributed by atoms with van der Waals surface area (Å²) in [6.45, 7) is 3.85. The third-order valence-corrected chi connectivity index (χ3v) is 6.72. The first-order valence-corrected chi connectivity index (χ1v) is 10.8. The van der Waals surface area contributed by atoms with E-state index in [4.69, 9.17) is 28.4 Å². The number of methoxy groups -OCH3 is 3. The van der Waals surface area contributed by atoms with Gasteiger partial charge in [-0.2, -0.15) is 0 Å². The molecule has 9 heteroatoms. The van der Waals surface area contributed by atoms with Crippen LogP contribution in [0.25, 0.3) is 0 Å². The topological polar surface area (TPSA) is 102 Å². The molecule has 0 radical (unpaired) electrons. The monoisotopic (exact) mass is 467 g/mol. The van der Waals surface area contributed by atoms with Crippen molar-refractivity contribution in [3.63, 3.8) is 0 Å². The molecular formula is C25H25NO8. The fourth-order valence-corrected chi connectivity index (χ4v) is 5.24. The molecule has 1 aliphatic carbocycles. The molecule has 2 aromatic carbocycles. The van der Waals surface area contributed by atoms with Crippen molar-refractivity contribution in [2.45, 2.75) is 12.0 Å². The van der Waals surface area contributed by atoms with Crippen LogP contribution in [0.3, 0.4) is 0 Å². The van der Waals surface area contributed by atoms with Gasteiger partial charge in [-0.3, -0.25) is 9.59 Å². The zero-order valence-corrected chi connectivity index (χ0v) is 19.1. The minimum absolute atomic E-state index is 0.103. The van der Waals surface area contributed by atoms with Gasteiger partial charge in [0.25, 0.3) is 0 Å². The van der Waals surface area contributed by atoms with Crippen LogP contribution in [-0.4, -0.2) is 46.6 Å². The molecule has 34 heavy (non-hydrogen) atoms. The number of fused-ring (bicyclic) bond motifs is 3. The van der Waals surface area contributed by atoms with Crippen molar-refractivity contribution in [2.75, 3.05) is 34.7 Å². The summed E-state index contributed by atoms with van der Waals surface area (Å²) in [6.07, 6.45) is 1.21. The van der Waals surface area contributed by atoms with Crippen LogP contribution in [0.5, 0.6) is 28.7 Å². The molecule has 5 rings (SSSR count). The summed E-state index contributed by atoms with van der Waals surface area (Å²) in [6, 6.07) is 6.96. The van der Waals surface area contributed by atoms with Gasteiger partial charge in [0.1, 0.15) is 0 Å². The number of hydrogen-bond acceptors (Lipinski definition) is 8. The molecule has 178 valence electrons. The van der Waals surface area contributed by atoms with Crippen molar-refractivity contribution in [2.24, 2.45) is 11.8 Å². The van der Waals surface area contributed by atoms with Gasteiger partial charge in [0.05, 0.1) is 39.9 Å². The van der Waals surface area contributed by atoms with E-state index in [0.717, 1.165) is 16.7 Å². The predicted octanol–water partition coefficient (Wildman–Crippen LogP) is 2.72. The number of cyclic esters (lactones) is 1. The SMILES string of the molecule is C=CC(=O)N[C@@H]1c2cc3c(cc2[C@@H](c2cc(OC)c(OC)c(OC)c2)[C@H]2C(=O)OC[C@@H]21)OCO3. The van der Waals surface area contributed by atoms with E-state index in [0.29, 0.717) is 28.7 Å². The van der Waals surface area contributed by atoms with E-state index in [9.17, 15) is 9.59 Å². The first-order chi connectivity index (χ1) is 16.5. The summed E-state index contributed by atoms with van der Waals surface area (Å²) in [4.78, 5) is 25.4. The largest absolute Gasteiger partial charge is 0.493 e. The lowest BCUT2D eigenvalue weighted by atomic mass is 9.65. The van der Waals surface area contributed by atoms with Gasteiger partial charge >= 0.3 is 5.97 Å². The average Bonchev–Trinajstić information content (AvgIpc) is 3.48. The van der Waals surface area contributed by atoms with Crippen molar-refractivity contribution in [1.82, 2.24) is 5.32 Å². The zero-order chi connectivity index (χ0) is 24.0. The van der Waals surface area contributed by atoms with E-state index in [1.165, 1.54) is 13.2 Å². The molecule has 9 nitrogen and oxygen atoms in total. The number of carbonyl (C=O) groups excluding carboxylic acids is 2. The second kappa shape index (κ2) is 8.48. The molecule has 1 fully saturated rings. The second-order valence-corrected chi connectivity index (χ2v) is 8.28. The van der Waals surface area contributed by atoms with E-state index < -0.39 is 17.9 Å². The van der Waals surface area contributed by atoms with Crippen molar-refractivity contribution < 1.29 is 38.0 Å². The number of nitrogens with one attached hydrogen (secondary N) is 1. The minimum atomic E-state index is -0.550. The fourth-order valence-electron chi connectivity index (χ4n) is 5.24. The van der Waals surface area contributed by atoms with Crippen molar-refractivity contribution in [3.05, 3.63) is 53.6 Å². The van der Waals surface area contributed by atoms with Crippen LogP contribution in [0.2, 0.25) is 0 Å². The molecule has 3 aliphatic rings. The average molecular weight is 467 g/mol. The molecule has 4 atom stereocenters. The van der Waals surface area contributed by atoms with E-state index in [1.54, 1.807) is 14.2 Å². The molecule has 0 spiro atoms. The third kappa shape index (κ3) is 3.30. The Morgan fingerprint density at radius 3 is 2.24 bits per heavy atom. The van der Waals surface area contributed by atoms with Crippen molar-refractivity contribution in [3.8, 4) is 28.7 Å². The molecular weight excluding hydrogens is 442 g/mol. The number of esters is 1. The number of carbonyl (C=O) groups is 2. The summed E-state index contributed by atoms with van der Waals surface area (Å²) in [5, 5.41) is 2.99. The van der Waals surface area contributed by atoms with Gasteiger partial charge in [-0.1, -0.05) is 6.58 Å². The highest BCUT2D eigenvalue weighted by atomic mass is 16.7. The fraction of sp³-hybridized carbons (Fsp3) is 0.360. The highest BCUT2D eigenvalue weighted by molar-refractivity contribution is 5.88. The van der Waals surface area contributed by atoms with Gasteiger partial charge in [-0.15, -0.1) is 0 Å². The van der Waals surface area contributed by atoms with E-state index in [-0.39, 0.29) is 31.2 Å². The Kier molecular flexibility index (Phi) is 5.47. The van der Waals surface area contributed by atoms with Crippen LogP contribution < -0.4 is 29.0 Å². The normalized spacial score (nSPS) is 23.9. The van der Waals surface area contributed by atoms with Gasteiger partial charge in [0.15, 0.2) is 23.0 Å². The maximum Gasteiger partial charge on any atom is 0.310 e. The smallest absolute Gasteiger partial charge is 0.310 e. The molecule has 0 aromatic heterocycles. The van der Waals surface area contributed by atoms with E-state index in [2.05, 4.69) is 11.9 Å². The predicted molar refractivity (Wildman–Crippen MR) is 120 cm³/mol. The molecule has 2 aliphatic heterocycles. The summed E-state index contributed by atoms with van der Waals surface area (Å²) < 4.78 is 33.4. The lowest BCUT2D eigenvalue weighted by Crippen LogP contribution is -2.42. The van der Waals surface area contributed by atoms with E-state index >= 15 is 0 Å². The maximum absolute atomic E-state index is 13.1. The van der Waals surface area contributed by atoms with Crippen LogP contribution >= 0.6 is 0 Å². The molecule has 1 N–H and O–H groups in total. The number of amides is 1. The van der Waals surface area contributed by atoms with Crippen LogP contribution in [0.4, 0.5) is 0 Å². The first-order valence-electron chi connectivity index (χ1n) is 10.8. The van der Waals surface area contributed by atoms with Crippen molar-refractivity contribution in [1.29, 1.82) is 0 Å². The van der Waals surface area contributed by atoms with Gasteiger partial charge < -0.3 is 33.7 Å². The lowest BCUT2D eigenvalue weighted by Gasteiger charge is -2.39. The number of rotatable bonds is 6. The molecule has 2 heterocycles. The number of ether oxygens (including phenoxy) is 6. The summed E-state index contributed by atoms with van der Waals surface area (Å²) in [5.74, 6) is 0.654. The Balaban J connectivity index is 1.74. The molecule has 1 amide bonds. The Bertz CT molecular complexity index is 1150.